The maximum absolute atomic E-state index is 13.5. The molecule has 2 aliphatic heterocycles. The standard InChI is InChI=1S/C19H23F2N7O/c1-11-10-29-5-4-27(11)18-25-15(12-8-23-17(22)24-9-12)14-2-3-28(16(14)26-18)13-6-19(20,21)7-13/h8-9,11,13H,2-7,10H2,1H3,(H2,22,23,24)/t11-/m0/s1. The van der Waals surface area contributed by atoms with Gasteiger partial charge >= 0.3 is 0 Å². The SMILES string of the molecule is C[C@H]1COCCN1c1nc(-c2cnc(N)nc2)c2c(n1)N(C1CC(F)(F)C1)CC2. The number of hydrogen-bond acceptors (Lipinski definition) is 8. The first-order valence-corrected chi connectivity index (χ1v) is 9.89. The zero-order valence-electron chi connectivity index (χ0n) is 16.2. The summed E-state index contributed by atoms with van der Waals surface area (Å²) < 4.78 is 32.6. The summed E-state index contributed by atoms with van der Waals surface area (Å²) in [6, 6.07) is -0.0631. The first kappa shape index (κ1) is 18.4. The van der Waals surface area contributed by atoms with Gasteiger partial charge in [-0.2, -0.15) is 4.98 Å². The number of fused-ring (bicyclic) bond motifs is 1. The van der Waals surface area contributed by atoms with Gasteiger partial charge in [0.05, 0.1) is 24.9 Å². The van der Waals surface area contributed by atoms with E-state index in [1.165, 1.54) is 0 Å². The van der Waals surface area contributed by atoms with Crippen LogP contribution in [0.1, 0.15) is 25.3 Å². The molecule has 154 valence electrons. The molecule has 1 saturated heterocycles. The monoisotopic (exact) mass is 403 g/mol. The van der Waals surface area contributed by atoms with Gasteiger partial charge in [0, 0.05) is 55.5 Å². The molecular weight excluding hydrogens is 380 g/mol. The number of ether oxygens (including phenoxy) is 1. The minimum Gasteiger partial charge on any atom is -0.377 e. The van der Waals surface area contributed by atoms with Crippen LogP contribution in [-0.4, -0.2) is 64.2 Å². The molecular formula is C19H23F2N7O. The van der Waals surface area contributed by atoms with Crippen LogP contribution in [0.3, 0.4) is 0 Å². The van der Waals surface area contributed by atoms with E-state index in [4.69, 9.17) is 20.4 Å². The van der Waals surface area contributed by atoms with E-state index in [9.17, 15) is 8.78 Å². The van der Waals surface area contributed by atoms with Crippen LogP contribution in [0.2, 0.25) is 0 Å². The van der Waals surface area contributed by atoms with Crippen molar-refractivity contribution < 1.29 is 13.5 Å². The third kappa shape index (κ3) is 3.25. The molecule has 2 fully saturated rings. The minimum absolute atomic E-state index is 0.125. The molecule has 0 radical (unpaired) electrons. The van der Waals surface area contributed by atoms with Crippen molar-refractivity contribution in [2.75, 3.05) is 41.8 Å². The Morgan fingerprint density at radius 1 is 1.14 bits per heavy atom. The number of anilines is 3. The number of nitrogens with two attached hydrogens (primary N) is 1. The molecule has 4 heterocycles. The number of nitrogen functional groups attached to an aromatic ring is 1. The van der Waals surface area contributed by atoms with Crippen molar-refractivity contribution in [2.45, 2.75) is 44.2 Å². The van der Waals surface area contributed by atoms with Gasteiger partial charge in [-0.3, -0.25) is 0 Å². The Labute approximate surface area is 167 Å². The Kier molecular flexibility index (Phi) is 4.27. The summed E-state index contributed by atoms with van der Waals surface area (Å²) in [4.78, 5) is 22.0. The smallest absolute Gasteiger partial charge is 0.252 e. The molecule has 0 bridgehead atoms. The van der Waals surface area contributed by atoms with Crippen LogP contribution < -0.4 is 15.5 Å². The van der Waals surface area contributed by atoms with E-state index in [2.05, 4.69) is 21.8 Å². The van der Waals surface area contributed by atoms with Crippen LogP contribution in [0.15, 0.2) is 12.4 Å². The molecule has 8 nitrogen and oxygen atoms in total. The predicted octanol–water partition coefficient (Wildman–Crippen LogP) is 1.90. The van der Waals surface area contributed by atoms with Crippen molar-refractivity contribution in [3.63, 3.8) is 0 Å². The van der Waals surface area contributed by atoms with E-state index >= 15 is 0 Å². The number of nitrogens with zero attached hydrogens (tertiary/aromatic N) is 6. The number of aromatic nitrogens is 4. The summed E-state index contributed by atoms with van der Waals surface area (Å²) in [5, 5.41) is 0. The zero-order chi connectivity index (χ0) is 20.2. The summed E-state index contributed by atoms with van der Waals surface area (Å²) in [5.41, 5.74) is 8.09. The highest BCUT2D eigenvalue weighted by Crippen LogP contribution is 2.45. The van der Waals surface area contributed by atoms with Crippen molar-refractivity contribution >= 4 is 17.7 Å². The molecule has 2 N–H and O–H groups in total. The predicted molar refractivity (Wildman–Crippen MR) is 104 cm³/mol. The highest BCUT2D eigenvalue weighted by atomic mass is 19.3. The Balaban J connectivity index is 1.58. The first-order chi connectivity index (χ1) is 13.9. The lowest BCUT2D eigenvalue weighted by atomic mass is 9.87. The van der Waals surface area contributed by atoms with Crippen molar-refractivity contribution in [1.29, 1.82) is 0 Å². The highest BCUT2D eigenvalue weighted by molar-refractivity contribution is 5.72. The molecule has 3 aliphatic rings. The molecule has 1 aliphatic carbocycles. The Hall–Kier alpha value is -2.62. The number of alkyl halides is 2. The van der Waals surface area contributed by atoms with Crippen LogP contribution in [0, 0.1) is 0 Å². The normalized spacial score (nSPS) is 23.8. The van der Waals surface area contributed by atoms with E-state index in [1.807, 2.05) is 4.90 Å². The summed E-state index contributed by atoms with van der Waals surface area (Å²) >= 11 is 0. The number of hydrogen-bond donors (Lipinski definition) is 1. The van der Waals surface area contributed by atoms with Crippen LogP contribution in [0.4, 0.5) is 26.5 Å². The lowest BCUT2D eigenvalue weighted by molar-refractivity contribution is -0.0855. The second kappa shape index (κ2) is 6.72. The van der Waals surface area contributed by atoms with E-state index in [0.717, 1.165) is 22.6 Å². The molecule has 2 aromatic rings. The average molecular weight is 403 g/mol. The van der Waals surface area contributed by atoms with E-state index in [0.29, 0.717) is 38.7 Å². The Morgan fingerprint density at radius 2 is 1.90 bits per heavy atom. The molecule has 5 rings (SSSR count). The van der Waals surface area contributed by atoms with Gasteiger partial charge in [0.1, 0.15) is 5.82 Å². The van der Waals surface area contributed by atoms with Crippen LogP contribution in [0.25, 0.3) is 11.3 Å². The van der Waals surface area contributed by atoms with Gasteiger partial charge in [-0.15, -0.1) is 0 Å². The molecule has 10 heteroatoms. The van der Waals surface area contributed by atoms with Gasteiger partial charge in [0.25, 0.3) is 5.92 Å². The molecule has 0 spiro atoms. The fraction of sp³-hybridized carbons (Fsp3) is 0.579. The molecule has 0 aromatic carbocycles. The van der Waals surface area contributed by atoms with Crippen molar-refractivity contribution in [3.8, 4) is 11.3 Å². The summed E-state index contributed by atoms with van der Waals surface area (Å²) in [6.45, 7) is 4.60. The molecule has 1 saturated carbocycles. The molecule has 1 atom stereocenters. The summed E-state index contributed by atoms with van der Waals surface area (Å²) in [5.74, 6) is -1.04. The van der Waals surface area contributed by atoms with Crippen LogP contribution >= 0.6 is 0 Å². The van der Waals surface area contributed by atoms with E-state index in [-0.39, 0.29) is 30.9 Å². The largest absolute Gasteiger partial charge is 0.377 e. The topological polar surface area (TPSA) is 93.3 Å². The molecule has 0 amide bonds. The van der Waals surface area contributed by atoms with E-state index in [1.54, 1.807) is 12.4 Å². The van der Waals surface area contributed by atoms with Gasteiger partial charge in [-0.25, -0.2) is 23.7 Å². The van der Waals surface area contributed by atoms with Crippen molar-refractivity contribution in [2.24, 2.45) is 0 Å². The zero-order valence-corrected chi connectivity index (χ0v) is 16.2. The lowest BCUT2D eigenvalue weighted by Crippen LogP contribution is -2.50. The van der Waals surface area contributed by atoms with Crippen LogP contribution in [0.5, 0.6) is 0 Å². The third-order valence-corrected chi connectivity index (χ3v) is 5.93. The molecule has 2 aromatic heterocycles. The van der Waals surface area contributed by atoms with Crippen molar-refractivity contribution in [3.05, 3.63) is 18.0 Å². The second-order valence-electron chi connectivity index (χ2n) is 7.98. The van der Waals surface area contributed by atoms with Gasteiger partial charge in [0.2, 0.25) is 11.9 Å². The summed E-state index contributed by atoms with van der Waals surface area (Å²) in [7, 11) is 0. The van der Waals surface area contributed by atoms with Gasteiger partial charge in [-0.05, 0) is 13.3 Å². The first-order valence-electron chi connectivity index (χ1n) is 9.89. The maximum Gasteiger partial charge on any atom is 0.252 e. The van der Waals surface area contributed by atoms with E-state index < -0.39 is 5.92 Å². The number of morpholine rings is 1. The lowest BCUT2D eigenvalue weighted by Gasteiger charge is -2.42. The Bertz CT molecular complexity index is 916. The summed E-state index contributed by atoms with van der Waals surface area (Å²) in [6.07, 6.45) is 3.76. The minimum atomic E-state index is -2.57. The number of rotatable bonds is 3. The van der Waals surface area contributed by atoms with Gasteiger partial charge in [-0.1, -0.05) is 0 Å². The quantitative estimate of drug-likeness (QED) is 0.831. The van der Waals surface area contributed by atoms with Gasteiger partial charge in [0.15, 0.2) is 0 Å². The fourth-order valence-corrected chi connectivity index (χ4v) is 4.32. The molecule has 0 unspecified atom stereocenters. The fourth-order valence-electron chi connectivity index (χ4n) is 4.32. The second-order valence-corrected chi connectivity index (χ2v) is 7.98. The number of halogens is 2. The van der Waals surface area contributed by atoms with Crippen molar-refractivity contribution in [1.82, 2.24) is 19.9 Å². The van der Waals surface area contributed by atoms with Crippen LogP contribution in [-0.2, 0) is 11.2 Å². The third-order valence-electron chi connectivity index (χ3n) is 5.93. The highest BCUT2D eigenvalue weighted by Gasteiger charge is 2.49. The maximum atomic E-state index is 13.5. The average Bonchev–Trinajstić information content (AvgIpc) is 3.10. The molecule has 29 heavy (non-hydrogen) atoms. The van der Waals surface area contributed by atoms with Gasteiger partial charge < -0.3 is 20.3 Å². The Morgan fingerprint density at radius 3 is 2.59 bits per heavy atom.